The Kier molecular flexibility index (Phi) is 6.55. The molecule has 0 aromatic heterocycles. The first-order valence-electron chi connectivity index (χ1n) is 9.04. The molecule has 1 atom stereocenters. The van der Waals surface area contributed by atoms with Crippen molar-refractivity contribution in [2.45, 2.75) is 23.5 Å². The molecule has 3 aromatic carbocycles. The topological polar surface area (TPSA) is 60.4 Å². The second-order valence-corrected chi connectivity index (χ2v) is 9.80. The number of Topliss-reactive ketones (excluding diaryl/α,β-unsaturated/α-hetero) is 1. The van der Waals surface area contributed by atoms with Gasteiger partial charge in [-0.15, -0.1) is 0 Å². The first kappa shape index (κ1) is 21.3. The van der Waals surface area contributed by atoms with Crippen molar-refractivity contribution < 1.29 is 17.9 Å². The van der Waals surface area contributed by atoms with Gasteiger partial charge in [-0.05, 0) is 48.9 Å². The largest absolute Gasteiger partial charge is 0.497 e. The number of sulfone groups is 1. The van der Waals surface area contributed by atoms with Gasteiger partial charge in [-0.1, -0.05) is 57.9 Å². The van der Waals surface area contributed by atoms with Crippen molar-refractivity contribution in [3.05, 3.63) is 94.0 Å². The average molecular weight is 473 g/mol. The summed E-state index contributed by atoms with van der Waals surface area (Å²) in [6, 6.07) is 20.5. The Hall–Kier alpha value is -2.44. The number of methoxy groups -OCH3 is 1. The first-order chi connectivity index (χ1) is 13.8. The summed E-state index contributed by atoms with van der Waals surface area (Å²) >= 11 is 3.37. The molecule has 3 rings (SSSR count). The molecule has 0 radical (unpaired) electrons. The minimum absolute atomic E-state index is 0.162. The molecule has 0 spiro atoms. The van der Waals surface area contributed by atoms with Crippen LogP contribution in [0.25, 0.3) is 0 Å². The van der Waals surface area contributed by atoms with Crippen LogP contribution in [-0.4, -0.2) is 21.3 Å². The average Bonchev–Trinajstić information content (AvgIpc) is 2.73. The highest BCUT2D eigenvalue weighted by Gasteiger charge is 2.31. The molecule has 0 N–H and O–H groups in total. The van der Waals surface area contributed by atoms with Gasteiger partial charge in [-0.25, -0.2) is 8.42 Å². The van der Waals surface area contributed by atoms with E-state index >= 15 is 0 Å². The highest BCUT2D eigenvalue weighted by molar-refractivity contribution is 9.10. The number of hydrogen-bond donors (Lipinski definition) is 0. The molecule has 0 saturated carbocycles. The van der Waals surface area contributed by atoms with Gasteiger partial charge in [-0.3, -0.25) is 4.79 Å². The summed E-state index contributed by atoms with van der Waals surface area (Å²) in [5, 5.41) is -0.989. The van der Waals surface area contributed by atoms with Gasteiger partial charge in [0.25, 0.3) is 0 Å². The molecule has 3 aromatic rings. The Morgan fingerprint density at radius 3 is 2.28 bits per heavy atom. The van der Waals surface area contributed by atoms with E-state index in [1.165, 1.54) is 7.11 Å². The lowest BCUT2D eigenvalue weighted by molar-refractivity contribution is 0.0980. The Balaban J connectivity index is 2.02. The predicted molar refractivity (Wildman–Crippen MR) is 117 cm³/mol. The van der Waals surface area contributed by atoms with E-state index in [4.69, 9.17) is 4.74 Å². The van der Waals surface area contributed by atoms with Crippen molar-refractivity contribution >= 4 is 31.6 Å². The first-order valence-corrected chi connectivity index (χ1v) is 11.4. The van der Waals surface area contributed by atoms with Crippen LogP contribution >= 0.6 is 15.9 Å². The van der Waals surface area contributed by atoms with Crippen LogP contribution in [0.15, 0.2) is 82.2 Å². The van der Waals surface area contributed by atoms with Gasteiger partial charge in [0.15, 0.2) is 15.6 Å². The molecule has 29 heavy (non-hydrogen) atoms. The fourth-order valence-electron chi connectivity index (χ4n) is 3.06. The second kappa shape index (κ2) is 8.93. The van der Waals surface area contributed by atoms with Crippen LogP contribution < -0.4 is 4.74 Å². The van der Waals surface area contributed by atoms with Crippen LogP contribution in [0.2, 0.25) is 0 Å². The molecule has 0 aliphatic rings. The number of halogens is 1. The van der Waals surface area contributed by atoms with E-state index in [1.54, 1.807) is 72.8 Å². The van der Waals surface area contributed by atoms with Crippen LogP contribution in [0.3, 0.4) is 0 Å². The lowest BCUT2D eigenvalue weighted by Crippen LogP contribution is -2.18. The summed E-state index contributed by atoms with van der Waals surface area (Å²) in [5.74, 6) is 0.296. The number of ether oxygens (including phenoxy) is 1. The zero-order chi connectivity index (χ0) is 21.0. The Labute approximate surface area is 179 Å². The zero-order valence-corrected chi connectivity index (χ0v) is 18.5. The van der Waals surface area contributed by atoms with E-state index in [9.17, 15) is 13.2 Å². The van der Waals surface area contributed by atoms with E-state index in [1.807, 2.05) is 6.92 Å². The van der Waals surface area contributed by atoms with Crippen molar-refractivity contribution in [3.8, 4) is 5.75 Å². The molecule has 0 amide bonds. The third-order valence-electron chi connectivity index (χ3n) is 4.73. The molecule has 0 saturated heterocycles. The van der Waals surface area contributed by atoms with Crippen molar-refractivity contribution in [1.82, 2.24) is 0 Å². The van der Waals surface area contributed by atoms with Gasteiger partial charge in [0.1, 0.15) is 5.75 Å². The van der Waals surface area contributed by atoms with Gasteiger partial charge in [0.2, 0.25) is 0 Å². The Morgan fingerprint density at radius 1 is 1.00 bits per heavy atom. The van der Waals surface area contributed by atoms with Crippen LogP contribution in [0.5, 0.6) is 5.75 Å². The van der Waals surface area contributed by atoms with Gasteiger partial charge >= 0.3 is 0 Å². The van der Waals surface area contributed by atoms with E-state index < -0.39 is 15.1 Å². The molecule has 4 nitrogen and oxygen atoms in total. The third-order valence-corrected chi connectivity index (χ3v) is 7.37. The zero-order valence-electron chi connectivity index (χ0n) is 16.1. The SMILES string of the molecule is COc1cccc(C(=O)C[C@@H](c2ccc(Br)cc2)S(=O)(=O)c2ccc(C)cc2)c1. The minimum Gasteiger partial charge on any atom is -0.497 e. The van der Waals surface area contributed by atoms with E-state index in [0.717, 1.165) is 10.0 Å². The number of aryl methyl sites for hydroxylation is 1. The Morgan fingerprint density at radius 2 is 1.66 bits per heavy atom. The summed E-state index contributed by atoms with van der Waals surface area (Å²) in [7, 11) is -2.25. The summed E-state index contributed by atoms with van der Waals surface area (Å²) in [4.78, 5) is 13.2. The second-order valence-electron chi connectivity index (χ2n) is 6.76. The van der Waals surface area contributed by atoms with Gasteiger partial charge < -0.3 is 4.74 Å². The minimum atomic E-state index is -3.77. The summed E-state index contributed by atoms with van der Waals surface area (Å²) < 4.78 is 32.9. The molecule has 6 heteroatoms. The predicted octanol–water partition coefficient (Wildman–Crippen LogP) is 5.55. The van der Waals surface area contributed by atoms with E-state index in [0.29, 0.717) is 16.9 Å². The maximum absolute atomic E-state index is 13.4. The summed E-state index contributed by atoms with van der Waals surface area (Å²) in [5.41, 5.74) is 1.96. The van der Waals surface area contributed by atoms with Gasteiger partial charge in [-0.2, -0.15) is 0 Å². The highest BCUT2D eigenvalue weighted by Crippen LogP contribution is 2.34. The molecule has 0 aliphatic heterocycles. The number of carbonyl (C=O) groups excluding carboxylic acids is 1. The van der Waals surface area contributed by atoms with E-state index in [2.05, 4.69) is 15.9 Å². The molecular weight excluding hydrogens is 452 g/mol. The van der Waals surface area contributed by atoms with Crippen LogP contribution in [-0.2, 0) is 9.84 Å². The van der Waals surface area contributed by atoms with Crippen molar-refractivity contribution in [3.63, 3.8) is 0 Å². The van der Waals surface area contributed by atoms with Crippen molar-refractivity contribution in [1.29, 1.82) is 0 Å². The molecule has 0 aliphatic carbocycles. The molecule has 0 bridgehead atoms. The fraction of sp³-hybridized carbons (Fsp3) is 0.174. The summed E-state index contributed by atoms with van der Waals surface area (Å²) in [6.45, 7) is 1.90. The standard InChI is InChI=1S/C23H21BrO4S/c1-16-6-12-21(13-7-16)29(26,27)23(17-8-10-19(24)11-9-17)15-22(25)18-4-3-5-20(14-18)28-2/h3-14,23H,15H2,1-2H3/t23-/m0/s1. The van der Waals surface area contributed by atoms with Crippen LogP contribution in [0, 0.1) is 6.92 Å². The van der Waals surface area contributed by atoms with Crippen LogP contribution in [0.4, 0.5) is 0 Å². The Bertz CT molecular complexity index is 1100. The maximum atomic E-state index is 13.4. The quantitative estimate of drug-likeness (QED) is 0.422. The molecular formula is C23H21BrO4S. The van der Waals surface area contributed by atoms with E-state index in [-0.39, 0.29) is 17.1 Å². The smallest absolute Gasteiger partial charge is 0.185 e. The monoisotopic (exact) mass is 472 g/mol. The maximum Gasteiger partial charge on any atom is 0.185 e. The van der Waals surface area contributed by atoms with Crippen molar-refractivity contribution in [2.75, 3.05) is 7.11 Å². The van der Waals surface area contributed by atoms with Gasteiger partial charge in [0, 0.05) is 16.5 Å². The van der Waals surface area contributed by atoms with Crippen molar-refractivity contribution in [2.24, 2.45) is 0 Å². The third kappa shape index (κ3) is 4.95. The van der Waals surface area contributed by atoms with Gasteiger partial charge in [0.05, 0.1) is 17.3 Å². The van der Waals surface area contributed by atoms with Crippen LogP contribution in [0.1, 0.15) is 33.2 Å². The molecule has 0 fully saturated rings. The molecule has 150 valence electrons. The number of hydrogen-bond acceptors (Lipinski definition) is 4. The number of carbonyl (C=O) groups is 1. The fourth-order valence-corrected chi connectivity index (χ4v) is 5.05. The number of ketones is 1. The molecule has 0 unspecified atom stereocenters. The molecule has 0 heterocycles. The number of rotatable bonds is 7. The summed E-state index contributed by atoms with van der Waals surface area (Å²) in [6.07, 6.45) is -0.162. The normalized spacial score (nSPS) is 12.4. The number of benzene rings is 3. The highest BCUT2D eigenvalue weighted by atomic mass is 79.9. The lowest BCUT2D eigenvalue weighted by Gasteiger charge is -2.18. The lowest BCUT2D eigenvalue weighted by atomic mass is 10.0.